The van der Waals surface area contributed by atoms with Crippen molar-refractivity contribution < 1.29 is 59.8 Å². The average Bonchev–Trinajstić information content (AvgIpc) is 3.22. The zero-order valence-electron chi connectivity index (χ0n) is 32.5. The van der Waals surface area contributed by atoms with E-state index in [4.69, 9.17) is 21.1 Å². The first-order valence-electron chi connectivity index (χ1n) is 18.2. The van der Waals surface area contributed by atoms with Gasteiger partial charge in [-0.25, -0.2) is 0 Å². The quantitative estimate of drug-likeness (QED) is 0.0580. The standard InChI is InChI=1S/C42H41ClF6N4O7/c1-53(33-23-22-30(43)25-31(33)35(55)27-15-7-4-8-16-27)34(54)26-51-36(56)32(52-38(58)40(60-3,42(47,48)49)29-19-11-6-12-20-29)21-13-14-24-50-37(57)39(59-2,41(44,45)46)28-17-9-5-10-18-28/h4-12,15-20,22-23,25,32H,13-14,21,24,26H2,1-3H3,(H,50,57)(H,51,56)(H,52,58)/t32-,39+,40+/m0/s1. The van der Waals surface area contributed by atoms with Gasteiger partial charge < -0.3 is 30.3 Å². The van der Waals surface area contributed by atoms with Crippen molar-refractivity contribution in [1.29, 1.82) is 0 Å². The fourth-order valence-electron chi connectivity index (χ4n) is 6.44. The van der Waals surface area contributed by atoms with Crippen LogP contribution in [0.2, 0.25) is 5.02 Å². The molecule has 60 heavy (non-hydrogen) atoms. The molecule has 0 saturated carbocycles. The number of unbranched alkanes of at least 4 members (excludes halogenated alkanes) is 1. The fraction of sp³-hybridized carbons (Fsp3) is 0.310. The number of amides is 4. The number of likely N-dealkylation sites (N-methyl/N-ethyl adjacent to an activating group) is 1. The maximum atomic E-state index is 14.8. The van der Waals surface area contributed by atoms with Crippen molar-refractivity contribution in [3.63, 3.8) is 0 Å². The highest BCUT2D eigenvalue weighted by Gasteiger charge is 2.64. The van der Waals surface area contributed by atoms with Crippen LogP contribution in [0.1, 0.15) is 46.3 Å². The lowest BCUT2D eigenvalue weighted by Gasteiger charge is -2.34. The lowest BCUT2D eigenvalue weighted by molar-refractivity contribution is -0.266. The summed E-state index contributed by atoms with van der Waals surface area (Å²) in [6.07, 6.45) is -11.2. The SMILES string of the molecule is CO[C@@](C(=O)NCCCC[C@H](NC(=O)[C@](OC)(c1ccccc1)C(F)(F)F)C(=O)NCC(=O)N(C)c1ccc(Cl)cc1C(=O)c1ccccc1)(c1ccccc1)C(F)(F)F. The van der Waals surface area contributed by atoms with E-state index in [1.165, 1.54) is 61.6 Å². The van der Waals surface area contributed by atoms with E-state index in [9.17, 15) is 50.3 Å². The molecule has 320 valence electrons. The van der Waals surface area contributed by atoms with Gasteiger partial charge in [0.1, 0.15) is 6.04 Å². The van der Waals surface area contributed by atoms with Crippen LogP contribution < -0.4 is 20.9 Å². The molecule has 18 heteroatoms. The number of carbonyl (C=O) groups is 5. The van der Waals surface area contributed by atoms with Gasteiger partial charge in [-0.2, -0.15) is 26.3 Å². The minimum Gasteiger partial charge on any atom is -0.356 e. The molecule has 0 radical (unpaired) electrons. The number of hydrogen-bond donors (Lipinski definition) is 3. The smallest absolute Gasteiger partial charge is 0.356 e. The molecule has 0 saturated heterocycles. The number of rotatable bonds is 18. The molecule has 0 spiro atoms. The summed E-state index contributed by atoms with van der Waals surface area (Å²) in [6.45, 7) is -1.17. The van der Waals surface area contributed by atoms with E-state index in [0.29, 0.717) is 12.7 Å². The number of nitrogens with one attached hydrogen (secondary N) is 3. The molecule has 0 unspecified atom stereocenters. The molecular weight excluding hydrogens is 822 g/mol. The van der Waals surface area contributed by atoms with Crippen LogP contribution in [-0.2, 0) is 39.9 Å². The van der Waals surface area contributed by atoms with Gasteiger partial charge in [-0.1, -0.05) is 103 Å². The summed E-state index contributed by atoms with van der Waals surface area (Å²) in [5.74, 6) is -5.67. The minimum atomic E-state index is -5.35. The third-order valence-corrected chi connectivity index (χ3v) is 9.86. The van der Waals surface area contributed by atoms with Crippen LogP contribution in [0.4, 0.5) is 32.0 Å². The van der Waals surface area contributed by atoms with Gasteiger partial charge in [0.2, 0.25) is 11.8 Å². The summed E-state index contributed by atoms with van der Waals surface area (Å²) in [5, 5.41) is 6.76. The van der Waals surface area contributed by atoms with Crippen molar-refractivity contribution >= 4 is 46.7 Å². The Kier molecular flexibility index (Phi) is 15.6. The molecule has 0 aliphatic rings. The Hall–Kier alpha value is -5.78. The number of nitrogens with zero attached hydrogens (tertiary/aromatic N) is 1. The number of alkyl halides is 6. The van der Waals surface area contributed by atoms with Gasteiger partial charge >= 0.3 is 12.4 Å². The monoisotopic (exact) mass is 862 g/mol. The van der Waals surface area contributed by atoms with Gasteiger partial charge in [0.05, 0.1) is 12.2 Å². The van der Waals surface area contributed by atoms with Crippen LogP contribution in [-0.4, -0.2) is 82.2 Å². The third-order valence-electron chi connectivity index (χ3n) is 9.63. The van der Waals surface area contributed by atoms with Crippen molar-refractivity contribution in [3.8, 4) is 0 Å². The third kappa shape index (κ3) is 10.1. The van der Waals surface area contributed by atoms with Crippen molar-refractivity contribution in [2.45, 2.75) is 48.9 Å². The van der Waals surface area contributed by atoms with E-state index >= 15 is 0 Å². The Morgan fingerprint density at radius 1 is 0.683 bits per heavy atom. The highest BCUT2D eigenvalue weighted by Crippen LogP contribution is 2.43. The van der Waals surface area contributed by atoms with Gasteiger partial charge in [-0.15, -0.1) is 0 Å². The van der Waals surface area contributed by atoms with Crippen LogP contribution >= 0.6 is 11.6 Å². The zero-order valence-corrected chi connectivity index (χ0v) is 33.2. The molecular formula is C42H41ClF6N4O7. The lowest BCUT2D eigenvalue weighted by Crippen LogP contribution is -2.60. The highest BCUT2D eigenvalue weighted by atomic mass is 35.5. The molecule has 0 aliphatic heterocycles. The predicted molar refractivity (Wildman–Crippen MR) is 209 cm³/mol. The molecule has 4 aromatic rings. The number of ether oxygens (including phenoxy) is 2. The van der Waals surface area contributed by atoms with E-state index in [1.807, 2.05) is 0 Å². The topological polar surface area (TPSA) is 143 Å². The zero-order chi connectivity index (χ0) is 44.3. The van der Waals surface area contributed by atoms with E-state index in [2.05, 4.69) is 16.0 Å². The molecule has 0 aromatic heterocycles. The summed E-state index contributed by atoms with van der Waals surface area (Å²) in [7, 11) is 2.71. The molecule has 4 rings (SSSR count). The average molecular weight is 863 g/mol. The highest BCUT2D eigenvalue weighted by molar-refractivity contribution is 6.31. The number of ketones is 1. The lowest BCUT2D eigenvalue weighted by atomic mass is 9.91. The summed E-state index contributed by atoms with van der Waals surface area (Å²) in [5.41, 5.74) is -7.59. The first-order valence-corrected chi connectivity index (χ1v) is 18.6. The van der Waals surface area contributed by atoms with Crippen molar-refractivity contribution in [3.05, 3.63) is 136 Å². The van der Waals surface area contributed by atoms with Gasteiger partial charge in [0.15, 0.2) is 5.78 Å². The molecule has 0 aliphatic carbocycles. The van der Waals surface area contributed by atoms with Crippen LogP contribution in [0.25, 0.3) is 0 Å². The molecule has 4 aromatic carbocycles. The summed E-state index contributed by atoms with van der Waals surface area (Å²) in [4.78, 5) is 68.2. The van der Waals surface area contributed by atoms with Crippen LogP contribution in [0.5, 0.6) is 0 Å². The first kappa shape index (κ1) is 46.9. The number of carbonyl (C=O) groups excluding carboxylic acids is 5. The van der Waals surface area contributed by atoms with E-state index in [0.717, 1.165) is 36.3 Å². The normalized spacial score (nSPS) is 14.2. The van der Waals surface area contributed by atoms with Crippen LogP contribution in [0, 0.1) is 0 Å². The molecule has 0 bridgehead atoms. The fourth-order valence-corrected chi connectivity index (χ4v) is 6.61. The van der Waals surface area contributed by atoms with Crippen LogP contribution in [0.3, 0.4) is 0 Å². The molecule has 3 N–H and O–H groups in total. The van der Waals surface area contributed by atoms with E-state index in [1.54, 1.807) is 30.3 Å². The largest absolute Gasteiger partial charge is 0.430 e. The Morgan fingerprint density at radius 3 is 1.68 bits per heavy atom. The van der Waals surface area contributed by atoms with E-state index in [-0.39, 0.29) is 29.1 Å². The second-order valence-corrected chi connectivity index (χ2v) is 13.7. The van der Waals surface area contributed by atoms with E-state index < -0.39 is 89.6 Å². The van der Waals surface area contributed by atoms with Crippen molar-refractivity contribution in [1.82, 2.24) is 16.0 Å². The number of hydrogen-bond acceptors (Lipinski definition) is 7. The summed E-state index contributed by atoms with van der Waals surface area (Å²) in [6, 6.07) is 22.7. The van der Waals surface area contributed by atoms with Crippen molar-refractivity contribution in [2.75, 3.05) is 39.3 Å². The molecule has 0 fully saturated rings. The maximum Gasteiger partial charge on any atom is 0.430 e. The number of benzene rings is 4. The number of halogens is 7. The molecule has 11 nitrogen and oxygen atoms in total. The summed E-state index contributed by atoms with van der Waals surface area (Å²) < 4.78 is 96.9. The first-order chi connectivity index (χ1) is 28.3. The minimum absolute atomic E-state index is 0.0545. The Morgan fingerprint density at radius 2 is 1.18 bits per heavy atom. The Balaban J connectivity index is 1.54. The summed E-state index contributed by atoms with van der Waals surface area (Å²) >= 11 is 6.17. The van der Waals surface area contributed by atoms with Gasteiger partial charge in [-0.05, 0) is 37.5 Å². The van der Waals surface area contributed by atoms with Gasteiger partial charge in [0.25, 0.3) is 23.0 Å². The molecule has 4 amide bonds. The second kappa shape index (κ2) is 20.0. The molecule has 0 heterocycles. The van der Waals surface area contributed by atoms with Crippen molar-refractivity contribution in [2.24, 2.45) is 0 Å². The second-order valence-electron chi connectivity index (χ2n) is 13.3. The van der Waals surface area contributed by atoms with Gasteiger partial charge in [0, 0.05) is 55.1 Å². The van der Waals surface area contributed by atoms with Gasteiger partial charge in [-0.3, -0.25) is 24.0 Å². The number of methoxy groups -OCH3 is 2. The Labute approximate surface area is 346 Å². The number of anilines is 1. The Bertz CT molecular complexity index is 2130. The predicted octanol–water partition coefficient (Wildman–Crippen LogP) is 6.63. The maximum absolute atomic E-state index is 14.8. The van der Waals surface area contributed by atoms with Crippen LogP contribution in [0.15, 0.2) is 109 Å². The molecule has 3 atom stereocenters.